The Balaban J connectivity index is 1.45. The average molecular weight is 517 g/mol. The van der Waals surface area contributed by atoms with Gasteiger partial charge >= 0.3 is 0 Å². The van der Waals surface area contributed by atoms with E-state index in [1.807, 2.05) is 48.5 Å². The Morgan fingerprint density at radius 3 is 2.00 bits per heavy atom. The van der Waals surface area contributed by atoms with Gasteiger partial charge in [-0.2, -0.15) is 0 Å². The van der Waals surface area contributed by atoms with Crippen molar-refractivity contribution < 1.29 is 9.59 Å². The number of hydrogen-bond donors (Lipinski definition) is 2. The SMILES string of the molecule is CN(Cc1ccccc1)Cc1ccc(NC(=C2C(=O)Nc3ccc(C(=O)N(C)C)cc32)c2ccccc2)cc1. The molecule has 4 aromatic carbocycles. The molecule has 39 heavy (non-hydrogen) atoms. The molecular formula is C33H32N4O2. The van der Waals surface area contributed by atoms with Crippen molar-refractivity contribution in [2.24, 2.45) is 0 Å². The van der Waals surface area contributed by atoms with Gasteiger partial charge in [-0.3, -0.25) is 14.5 Å². The summed E-state index contributed by atoms with van der Waals surface area (Å²) in [6.07, 6.45) is 0. The van der Waals surface area contributed by atoms with Crippen LogP contribution in [0.2, 0.25) is 0 Å². The van der Waals surface area contributed by atoms with E-state index in [9.17, 15) is 9.59 Å². The molecular weight excluding hydrogens is 484 g/mol. The summed E-state index contributed by atoms with van der Waals surface area (Å²) in [5, 5.41) is 6.47. The minimum Gasteiger partial charge on any atom is -0.354 e. The zero-order chi connectivity index (χ0) is 27.4. The molecule has 0 fully saturated rings. The molecule has 0 spiro atoms. The molecule has 0 unspecified atom stereocenters. The number of rotatable bonds is 8. The van der Waals surface area contributed by atoms with Crippen molar-refractivity contribution in [3.63, 3.8) is 0 Å². The second kappa shape index (κ2) is 11.4. The topological polar surface area (TPSA) is 64.7 Å². The highest BCUT2D eigenvalue weighted by Gasteiger charge is 2.29. The van der Waals surface area contributed by atoms with Gasteiger partial charge in [0, 0.05) is 49.7 Å². The van der Waals surface area contributed by atoms with Crippen LogP contribution in [0.3, 0.4) is 0 Å². The molecule has 6 heteroatoms. The van der Waals surface area contributed by atoms with Gasteiger partial charge < -0.3 is 15.5 Å². The van der Waals surface area contributed by atoms with Crippen molar-refractivity contribution in [2.45, 2.75) is 13.1 Å². The van der Waals surface area contributed by atoms with Gasteiger partial charge in [0.15, 0.2) is 0 Å². The van der Waals surface area contributed by atoms with Gasteiger partial charge in [0.2, 0.25) is 0 Å². The van der Waals surface area contributed by atoms with E-state index in [1.54, 1.807) is 32.3 Å². The average Bonchev–Trinajstić information content (AvgIpc) is 3.27. The molecule has 2 amide bonds. The first-order valence-electron chi connectivity index (χ1n) is 12.9. The van der Waals surface area contributed by atoms with Crippen LogP contribution in [0.1, 0.15) is 32.6 Å². The molecule has 0 aliphatic carbocycles. The minimum absolute atomic E-state index is 0.112. The molecule has 0 saturated carbocycles. The van der Waals surface area contributed by atoms with E-state index in [0.29, 0.717) is 28.1 Å². The number of carbonyl (C=O) groups excluding carboxylic acids is 2. The lowest BCUT2D eigenvalue weighted by Gasteiger charge is -2.18. The number of benzene rings is 4. The van der Waals surface area contributed by atoms with Crippen molar-refractivity contribution in [3.05, 3.63) is 131 Å². The van der Waals surface area contributed by atoms with E-state index in [4.69, 9.17) is 0 Å². The molecule has 0 saturated heterocycles. The van der Waals surface area contributed by atoms with E-state index in [2.05, 4.69) is 59.0 Å². The van der Waals surface area contributed by atoms with Crippen LogP contribution in [0.4, 0.5) is 11.4 Å². The van der Waals surface area contributed by atoms with Crippen LogP contribution < -0.4 is 10.6 Å². The molecule has 1 heterocycles. The second-order valence-corrected chi connectivity index (χ2v) is 10.0. The van der Waals surface area contributed by atoms with E-state index in [0.717, 1.165) is 24.3 Å². The fourth-order valence-electron chi connectivity index (χ4n) is 4.79. The summed E-state index contributed by atoms with van der Waals surface area (Å²) in [6, 6.07) is 33.8. The number of anilines is 2. The largest absolute Gasteiger partial charge is 0.354 e. The second-order valence-electron chi connectivity index (χ2n) is 10.0. The highest BCUT2D eigenvalue weighted by Crippen LogP contribution is 2.38. The first kappa shape index (κ1) is 25.9. The standard InChI is InChI=1S/C33H32N4O2/c1-36(2)33(39)26-16-19-29-28(20-26)30(32(38)35-29)31(25-12-8-5-9-13-25)34-27-17-14-24(15-18-27)22-37(3)21-23-10-6-4-7-11-23/h4-20,34H,21-22H2,1-3H3,(H,35,38). The van der Waals surface area contributed by atoms with Crippen LogP contribution in [0.5, 0.6) is 0 Å². The Kier molecular flexibility index (Phi) is 7.57. The molecule has 4 aromatic rings. The summed E-state index contributed by atoms with van der Waals surface area (Å²) in [6.45, 7) is 1.69. The monoisotopic (exact) mass is 516 g/mol. The number of fused-ring (bicyclic) bond motifs is 1. The zero-order valence-electron chi connectivity index (χ0n) is 22.4. The first-order valence-corrected chi connectivity index (χ1v) is 12.9. The Morgan fingerprint density at radius 2 is 1.36 bits per heavy atom. The molecule has 2 N–H and O–H groups in total. The van der Waals surface area contributed by atoms with Crippen LogP contribution in [-0.2, 0) is 17.9 Å². The summed E-state index contributed by atoms with van der Waals surface area (Å²) in [4.78, 5) is 29.7. The highest BCUT2D eigenvalue weighted by atomic mass is 16.2. The third-order valence-corrected chi connectivity index (χ3v) is 6.70. The number of amides is 2. The maximum absolute atomic E-state index is 13.3. The van der Waals surface area contributed by atoms with Crippen molar-refractivity contribution in [1.82, 2.24) is 9.80 Å². The molecule has 6 nitrogen and oxygen atoms in total. The van der Waals surface area contributed by atoms with Crippen molar-refractivity contribution >= 4 is 34.5 Å². The zero-order valence-corrected chi connectivity index (χ0v) is 22.4. The predicted molar refractivity (Wildman–Crippen MR) is 158 cm³/mol. The lowest BCUT2D eigenvalue weighted by Crippen LogP contribution is -2.21. The fraction of sp³-hybridized carbons (Fsp3) is 0.152. The molecule has 196 valence electrons. The summed E-state index contributed by atoms with van der Waals surface area (Å²) in [5.41, 5.74) is 7.36. The Bertz CT molecular complexity index is 1510. The van der Waals surface area contributed by atoms with Gasteiger partial charge in [-0.05, 0) is 54.1 Å². The maximum Gasteiger partial charge on any atom is 0.258 e. The number of nitrogens with zero attached hydrogens (tertiary/aromatic N) is 2. The van der Waals surface area contributed by atoms with Gasteiger partial charge in [0.1, 0.15) is 0 Å². The van der Waals surface area contributed by atoms with Gasteiger partial charge in [-0.15, -0.1) is 0 Å². The van der Waals surface area contributed by atoms with Gasteiger partial charge in [-0.1, -0.05) is 72.8 Å². The lowest BCUT2D eigenvalue weighted by atomic mass is 9.98. The first-order chi connectivity index (χ1) is 18.9. The Hall–Kier alpha value is -4.68. The summed E-state index contributed by atoms with van der Waals surface area (Å²) >= 11 is 0. The molecule has 0 aromatic heterocycles. The number of nitrogens with one attached hydrogen (secondary N) is 2. The van der Waals surface area contributed by atoms with Gasteiger partial charge in [0.05, 0.1) is 11.3 Å². The number of hydrogen-bond acceptors (Lipinski definition) is 4. The number of carbonyl (C=O) groups is 2. The normalized spacial score (nSPS) is 13.6. The Morgan fingerprint density at radius 1 is 0.744 bits per heavy atom. The molecule has 0 radical (unpaired) electrons. The van der Waals surface area contributed by atoms with E-state index in [-0.39, 0.29) is 11.8 Å². The summed E-state index contributed by atoms with van der Waals surface area (Å²) in [5.74, 6) is -0.316. The van der Waals surface area contributed by atoms with Gasteiger partial charge in [0.25, 0.3) is 11.8 Å². The van der Waals surface area contributed by atoms with Crippen molar-refractivity contribution in [1.29, 1.82) is 0 Å². The molecule has 1 aliphatic rings. The third kappa shape index (κ3) is 5.92. The smallest absolute Gasteiger partial charge is 0.258 e. The van der Waals surface area contributed by atoms with Crippen LogP contribution in [-0.4, -0.2) is 42.8 Å². The minimum atomic E-state index is -0.204. The predicted octanol–water partition coefficient (Wildman–Crippen LogP) is 5.95. The van der Waals surface area contributed by atoms with Crippen LogP contribution >= 0.6 is 0 Å². The molecule has 5 rings (SSSR count). The summed E-state index contributed by atoms with van der Waals surface area (Å²) in [7, 11) is 5.55. The quantitative estimate of drug-likeness (QED) is 0.284. The van der Waals surface area contributed by atoms with Gasteiger partial charge in [-0.25, -0.2) is 0 Å². The highest BCUT2D eigenvalue weighted by molar-refractivity contribution is 6.37. The van der Waals surface area contributed by atoms with E-state index in [1.165, 1.54) is 16.0 Å². The van der Waals surface area contributed by atoms with E-state index >= 15 is 0 Å². The fourth-order valence-corrected chi connectivity index (χ4v) is 4.79. The van der Waals surface area contributed by atoms with Crippen LogP contribution in [0, 0.1) is 0 Å². The maximum atomic E-state index is 13.3. The Labute approximate surface area is 229 Å². The van der Waals surface area contributed by atoms with Crippen molar-refractivity contribution in [2.75, 3.05) is 31.8 Å². The summed E-state index contributed by atoms with van der Waals surface area (Å²) < 4.78 is 0. The van der Waals surface area contributed by atoms with Crippen LogP contribution in [0.15, 0.2) is 103 Å². The van der Waals surface area contributed by atoms with Crippen molar-refractivity contribution in [3.8, 4) is 0 Å². The lowest BCUT2D eigenvalue weighted by molar-refractivity contribution is -0.110. The third-order valence-electron chi connectivity index (χ3n) is 6.70. The molecule has 0 atom stereocenters. The molecule has 0 bridgehead atoms. The molecule has 1 aliphatic heterocycles. The van der Waals surface area contributed by atoms with E-state index < -0.39 is 0 Å². The van der Waals surface area contributed by atoms with Crippen LogP contribution in [0.25, 0.3) is 11.3 Å².